The van der Waals surface area contributed by atoms with E-state index in [1.54, 1.807) is 0 Å². The summed E-state index contributed by atoms with van der Waals surface area (Å²) in [7, 11) is 1.32. The van der Waals surface area contributed by atoms with Gasteiger partial charge in [-0.3, -0.25) is 9.36 Å². The van der Waals surface area contributed by atoms with Crippen LogP contribution in [0.15, 0.2) is 36.5 Å². The average Bonchev–Trinajstić information content (AvgIpc) is 3.38. The molecule has 0 spiro atoms. The molecule has 9 heteroatoms. The normalized spacial score (nSPS) is 13.9. The van der Waals surface area contributed by atoms with E-state index in [-0.39, 0.29) is 19.1 Å². The van der Waals surface area contributed by atoms with Crippen LogP contribution in [0.3, 0.4) is 0 Å². The maximum absolute atomic E-state index is 13.0. The van der Waals surface area contributed by atoms with E-state index in [2.05, 4.69) is 55.6 Å². The molecule has 1 amide bonds. The number of phosphoric acid groups is 1. The number of likely N-dealkylation sites (N-methyl/N-ethyl adjacent to an activating group) is 1. The number of aliphatic hydroxyl groups is 1. The third-order valence-corrected chi connectivity index (χ3v) is 16.3. The summed E-state index contributed by atoms with van der Waals surface area (Å²) in [6.45, 7) is 4.76. The van der Waals surface area contributed by atoms with Crippen molar-refractivity contribution in [3.8, 4) is 0 Å². The predicted octanol–water partition coefficient (Wildman–Crippen LogP) is 20.3. The van der Waals surface area contributed by atoms with Crippen molar-refractivity contribution in [1.82, 2.24) is 5.32 Å². The molecule has 0 aliphatic heterocycles. The Balaban J connectivity index is 4.06. The first-order valence-electron chi connectivity index (χ1n) is 33.3. The first-order valence-corrected chi connectivity index (χ1v) is 34.8. The van der Waals surface area contributed by atoms with Gasteiger partial charge in [0.25, 0.3) is 7.82 Å². The second-order valence-corrected chi connectivity index (χ2v) is 25.6. The van der Waals surface area contributed by atoms with Crippen molar-refractivity contribution in [2.75, 3.05) is 40.9 Å². The topological polar surface area (TPSA) is 108 Å². The van der Waals surface area contributed by atoms with Crippen LogP contribution < -0.4 is 10.2 Å². The molecule has 8 nitrogen and oxygen atoms in total. The number of carbonyl (C=O) groups is 1. The predicted molar refractivity (Wildman–Crippen MR) is 330 cm³/mol. The monoisotopic (exact) mass is 1090 g/mol. The molecule has 450 valence electrons. The molecule has 0 saturated heterocycles. The summed E-state index contributed by atoms with van der Waals surface area (Å²) in [5.74, 6) is -0.160. The minimum Gasteiger partial charge on any atom is -0.756 e. The van der Waals surface area contributed by atoms with Crippen LogP contribution in [0.4, 0.5) is 0 Å². The number of rotatable bonds is 62. The van der Waals surface area contributed by atoms with Gasteiger partial charge >= 0.3 is 0 Å². The first-order chi connectivity index (χ1) is 37.0. The molecular formula is C67H131N2O6P. The van der Waals surface area contributed by atoms with Crippen molar-refractivity contribution in [2.24, 2.45) is 0 Å². The Morgan fingerprint density at radius 1 is 0.461 bits per heavy atom. The summed E-state index contributed by atoms with van der Waals surface area (Å²) in [6.07, 6.45) is 76.3. The summed E-state index contributed by atoms with van der Waals surface area (Å²) in [5, 5.41) is 14.1. The lowest BCUT2D eigenvalue weighted by molar-refractivity contribution is -0.870. The van der Waals surface area contributed by atoms with Gasteiger partial charge in [-0.1, -0.05) is 314 Å². The van der Waals surface area contributed by atoms with Gasteiger partial charge in [0, 0.05) is 6.42 Å². The number of hydrogen-bond acceptors (Lipinski definition) is 6. The van der Waals surface area contributed by atoms with Crippen LogP contribution >= 0.6 is 7.82 Å². The second kappa shape index (κ2) is 58.4. The van der Waals surface area contributed by atoms with Gasteiger partial charge < -0.3 is 28.8 Å². The summed E-state index contributed by atoms with van der Waals surface area (Å²) < 4.78 is 23.5. The molecule has 0 aliphatic rings. The van der Waals surface area contributed by atoms with Crippen LogP contribution in [-0.4, -0.2) is 68.5 Å². The zero-order chi connectivity index (χ0) is 55.6. The number of phosphoric ester groups is 1. The lowest BCUT2D eigenvalue weighted by atomic mass is 10.0. The van der Waals surface area contributed by atoms with Gasteiger partial charge in [-0.25, -0.2) is 0 Å². The van der Waals surface area contributed by atoms with E-state index in [1.165, 1.54) is 257 Å². The lowest BCUT2D eigenvalue weighted by Gasteiger charge is -2.30. The third-order valence-electron chi connectivity index (χ3n) is 15.4. The second-order valence-electron chi connectivity index (χ2n) is 24.2. The van der Waals surface area contributed by atoms with Crippen molar-refractivity contribution in [3.63, 3.8) is 0 Å². The highest BCUT2D eigenvalue weighted by Gasteiger charge is 2.24. The molecule has 3 atom stereocenters. The summed E-state index contributed by atoms with van der Waals surface area (Å²) >= 11 is 0. The zero-order valence-corrected chi connectivity index (χ0v) is 52.4. The highest BCUT2D eigenvalue weighted by atomic mass is 31.2. The number of aliphatic hydroxyl groups excluding tert-OH is 1. The number of allylic oxidation sites excluding steroid dienone is 6. The summed E-state index contributed by atoms with van der Waals surface area (Å²) in [6, 6.07) is -0.802. The van der Waals surface area contributed by atoms with Crippen molar-refractivity contribution in [1.29, 1.82) is 0 Å². The molecule has 0 aliphatic carbocycles. The molecule has 0 radical (unpaired) electrons. The smallest absolute Gasteiger partial charge is 0.268 e. The van der Waals surface area contributed by atoms with Gasteiger partial charge in [0.05, 0.1) is 39.9 Å². The highest BCUT2D eigenvalue weighted by molar-refractivity contribution is 7.45. The van der Waals surface area contributed by atoms with Crippen molar-refractivity contribution in [2.45, 2.75) is 347 Å². The van der Waals surface area contributed by atoms with Crippen molar-refractivity contribution >= 4 is 13.7 Å². The zero-order valence-electron chi connectivity index (χ0n) is 51.5. The quantitative estimate of drug-likeness (QED) is 0.0272. The molecule has 0 heterocycles. The number of nitrogens with zero attached hydrogens (tertiary/aromatic N) is 1. The standard InChI is InChI=1S/C67H131N2O6P/c1-6-8-10-12-14-16-18-20-22-24-26-28-30-32-33-34-35-37-39-41-43-45-47-49-51-53-55-57-59-61-67(71)68-65(64-75-76(72,73)74-63-62-69(3,4)5)66(70)60-58-56-54-52-50-48-46-44-42-40-38-36-31-29-27-25-23-21-19-17-15-13-11-9-7-2/h18,20,24,26,30,32,65-66,70H,6-17,19,21-23,25,27-29,31,33-64H2,1-5H3,(H-,68,71,72,73)/b20-18-,26-24-,32-30-. The van der Waals surface area contributed by atoms with Gasteiger partial charge in [-0.2, -0.15) is 0 Å². The van der Waals surface area contributed by atoms with Gasteiger partial charge in [0.2, 0.25) is 5.91 Å². The minimum absolute atomic E-state index is 0.0132. The molecule has 2 N–H and O–H groups in total. The van der Waals surface area contributed by atoms with Gasteiger partial charge in [-0.05, 0) is 51.4 Å². The van der Waals surface area contributed by atoms with Crippen LogP contribution in [0.2, 0.25) is 0 Å². The van der Waals surface area contributed by atoms with Crippen LogP contribution in [0.5, 0.6) is 0 Å². The van der Waals surface area contributed by atoms with Crippen LogP contribution in [0.1, 0.15) is 335 Å². The Labute approximate surface area is 474 Å². The van der Waals surface area contributed by atoms with E-state index in [0.29, 0.717) is 23.9 Å². The van der Waals surface area contributed by atoms with Crippen molar-refractivity contribution < 1.29 is 32.9 Å². The summed E-state index contributed by atoms with van der Waals surface area (Å²) in [4.78, 5) is 25.6. The minimum atomic E-state index is -4.58. The molecule has 0 rings (SSSR count). The number of hydrogen-bond donors (Lipinski definition) is 2. The number of carbonyl (C=O) groups excluding carboxylic acids is 1. The highest BCUT2D eigenvalue weighted by Crippen LogP contribution is 2.38. The number of amides is 1. The molecule has 0 fully saturated rings. The van der Waals surface area contributed by atoms with Gasteiger partial charge in [0.15, 0.2) is 0 Å². The SMILES string of the molecule is CCCCCCC/C=C\C/C=C\C/C=C\CCCCCCCCCCCCCCCCC(=O)NC(COP(=O)([O-])OCC[N+](C)(C)C)C(O)CCCCCCCCCCCCCCCCCCCCCCCCCCC. The fourth-order valence-electron chi connectivity index (χ4n) is 10.2. The van der Waals surface area contributed by atoms with E-state index in [4.69, 9.17) is 9.05 Å². The Kier molecular flexibility index (Phi) is 57.4. The summed E-state index contributed by atoms with van der Waals surface area (Å²) in [5.41, 5.74) is 0. The van der Waals surface area contributed by atoms with E-state index >= 15 is 0 Å². The fraction of sp³-hybridized carbons (Fsp3) is 0.896. The first kappa shape index (κ1) is 74.7. The molecule has 0 aromatic heterocycles. The largest absolute Gasteiger partial charge is 0.756 e. The lowest BCUT2D eigenvalue weighted by Crippen LogP contribution is -2.46. The molecule has 0 aromatic rings. The average molecular weight is 1090 g/mol. The number of nitrogens with one attached hydrogen (secondary N) is 1. The molecule has 0 bridgehead atoms. The van der Waals surface area contributed by atoms with E-state index in [1.807, 2.05) is 21.1 Å². The number of quaternary nitrogens is 1. The van der Waals surface area contributed by atoms with Gasteiger partial charge in [-0.15, -0.1) is 0 Å². The van der Waals surface area contributed by atoms with E-state index in [9.17, 15) is 19.4 Å². The Bertz CT molecular complexity index is 1330. The molecular weight excluding hydrogens is 960 g/mol. The van der Waals surface area contributed by atoms with Crippen LogP contribution in [0.25, 0.3) is 0 Å². The Hall–Kier alpha value is -1.28. The molecule has 0 saturated carbocycles. The maximum Gasteiger partial charge on any atom is 0.268 e. The molecule has 3 unspecified atom stereocenters. The number of unbranched alkanes of at least 4 members (excludes halogenated alkanes) is 43. The fourth-order valence-corrected chi connectivity index (χ4v) is 10.9. The Morgan fingerprint density at radius 3 is 1.11 bits per heavy atom. The molecule has 76 heavy (non-hydrogen) atoms. The van der Waals surface area contributed by atoms with Crippen LogP contribution in [-0.2, 0) is 18.4 Å². The van der Waals surface area contributed by atoms with Crippen LogP contribution in [0, 0.1) is 0 Å². The molecule has 0 aromatic carbocycles. The van der Waals surface area contributed by atoms with Gasteiger partial charge in [0.1, 0.15) is 13.2 Å². The third kappa shape index (κ3) is 60.4. The maximum atomic E-state index is 13.0. The van der Waals surface area contributed by atoms with E-state index in [0.717, 1.165) is 51.4 Å². The van der Waals surface area contributed by atoms with Crippen molar-refractivity contribution in [3.05, 3.63) is 36.5 Å². The van der Waals surface area contributed by atoms with E-state index < -0.39 is 20.0 Å². The Morgan fingerprint density at radius 2 is 0.763 bits per heavy atom.